The highest BCUT2D eigenvalue weighted by Gasteiger charge is 2.34. The first-order valence-corrected chi connectivity index (χ1v) is 8.65. The summed E-state index contributed by atoms with van der Waals surface area (Å²) < 4.78 is 0. The van der Waals surface area contributed by atoms with Gasteiger partial charge in [0.1, 0.15) is 0 Å². The minimum absolute atomic E-state index is 0.388. The van der Waals surface area contributed by atoms with Crippen LogP contribution in [0.3, 0.4) is 0 Å². The zero-order valence-corrected chi connectivity index (χ0v) is 13.2. The van der Waals surface area contributed by atoms with Crippen molar-refractivity contribution in [3.8, 4) is 11.3 Å². The van der Waals surface area contributed by atoms with Crippen LogP contribution in [-0.4, -0.2) is 23.0 Å². The number of benzene rings is 2. The highest BCUT2D eigenvalue weighted by Crippen LogP contribution is 2.46. The molecule has 3 aromatic rings. The van der Waals surface area contributed by atoms with Crippen molar-refractivity contribution >= 4 is 10.9 Å². The van der Waals surface area contributed by atoms with E-state index in [1.807, 2.05) is 0 Å². The summed E-state index contributed by atoms with van der Waals surface area (Å²) in [7, 11) is 0. The molecular formula is C21H20N2. The van der Waals surface area contributed by atoms with Crippen molar-refractivity contribution in [2.45, 2.75) is 25.3 Å². The number of likely N-dealkylation sites (tertiary alicyclic amines) is 1. The van der Waals surface area contributed by atoms with E-state index in [0.29, 0.717) is 6.04 Å². The number of nitrogens with zero attached hydrogens (tertiary/aromatic N) is 2. The number of pyridine rings is 1. The molecule has 0 radical (unpaired) electrons. The zero-order valence-electron chi connectivity index (χ0n) is 13.2. The van der Waals surface area contributed by atoms with Gasteiger partial charge in [0, 0.05) is 16.5 Å². The molecule has 1 atom stereocenters. The lowest BCUT2D eigenvalue weighted by atomic mass is 10.00. The van der Waals surface area contributed by atoms with Crippen molar-refractivity contribution in [3.63, 3.8) is 0 Å². The van der Waals surface area contributed by atoms with Crippen LogP contribution in [0.1, 0.15) is 36.4 Å². The third-order valence-electron chi connectivity index (χ3n) is 5.31. The first-order chi connectivity index (χ1) is 11.4. The van der Waals surface area contributed by atoms with Gasteiger partial charge in [-0.05, 0) is 43.6 Å². The number of para-hydroxylation sites is 1. The number of hydrogen-bond acceptors (Lipinski definition) is 2. The minimum atomic E-state index is 0.388. The third-order valence-corrected chi connectivity index (χ3v) is 5.31. The molecule has 0 amide bonds. The van der Waals surface area contributed by atoms with Gasteiger partial charge in [0.15, 0.2) is 0 Å². The number of aromatic nitrogens is 1. The molecule has 2 aliphatic rings. The Morgan fingerprint density at radius 2 is 1.61 bits per heavy atom. The Hall–Kier alpha value is -2.19. The van der Waals surface area contributed by atoms with E-state index in [1.54, 1.807) is 0 Å². The van der Waals surface area contributed by atoms with Gasteiger partial charge in [0.05, 0.1) is 17.3 Å². The standard InChI is InChI=1S/C21H20N2/c1-6-12-23(13-7-1)21-17-10-4-3-9-16(17)20-18(21)14-15-8-2-5-11-19(15)22-20/h2-5,8-11,14,21H,1,6-7,12-13H2/t21-/m1/s1. The van der Waals surface area contributed by atoms with E-state index in [9.17, 15) is 0 Å². The first-order valence-electron chi connectivity index (χ1n) is 8.65. The van der Waals surface area contributed by atoms with Crippen LogP contribution in [0.4, 0.5) is 0 Å². The lowest BCUT2D eigenvalue weighted by Crippen LogP contribution is -2.33. The Kier molecular flexibility index (Phi) is 2.98. The Morgan fingerprint density at radius 3 is 2.52 bits per heavy atom. The molecule has 1 aliphatic heterocycles. The van der Waals surface area contributed by atoms with E-state index in [-0.39, 0.29) is 0 Å². The maximum Gasteiger partial charge on any atom is 0.0764 e. The average Bonchev–Trinajstić information content (AvgIpc) is 2.94. The maximum absolute atomic E-state index is 5.02. The second kappa shape index (κ2) is 5.17. The van der Waals surface area contributed by atoms with Crippen molar-refractivity contribution in [2.24, 2.45) is 0 Å². The Labute approximate surface area is 136 Å². The van der Waals surface area contributed by atoms with Crippen LogP contribution in [-0.2, 0) is 0 Å². The van der Waals surface area contributed by atoms with Gasteiger partial charge in [0.2, 0.25) is 0 Å². The molecule has 2 heteroatoms. The monoisotopic (exact) mass is 300 g/mol. The fraction of sp³-hybridized carbons (Fsp3) is 0.286. The van der Waals surface area contributed by atoms with Crippen LogP contribution >= 0.6 is 0 Å². The molecule has 2 heterocycles. The minimum Gasteiger partial charge on any atom is -0.292 e. The van der Waals surface area contributed by atoms with Crippen LogP contribution < -0.4 is 0 Å². The molecule has 1 saturated heterocycles. The highest BCUT2D eigenvalue weighted by atomic mass is 15.2. The van der Waals surface area contributed by atoms with Crippen molar-refractivity contribution in [2.75, 3.05) is 13.1 Å². The van der Waals surface area contributed by atoms with Crippen LogP contribution in [0.25, 0.3) is 22.2 Å². The summed E-state index contributed by atoms with van der Waals surface area (Å²) in [6, 6.07) is 20.1. The average molecular weight is 300 g/mol. The first kappa shape index (κ1) is 13.3. The van der Waals surface area contributed by atoms with Crippen molar-refractivity contribution in [3.05, 3.63) is 65.7 Å². The molecule has 2 nitrogen and oxygen atoms in total. The summed E-state index contributed by atoms with van der Waals surface area (Å²) in [5, 5.41) is 1.25. The van der Waals surface area contributed by atoms with Crippen molar-refractivity contribution < 1.29 is 0 Å². The predicted molar refractivity (Wildman–Crippen MR) is 94.4 cm³/mol. The lowest BCUT2D eigenvalue weighted by Gasteiger charge is -2.33. The maximum atomic E-state index is 5.02. The molecule has 0 bridgehead atoms. The topological polar surface area (TPSA) is 16.1 Å². The van der Waals surface area contributed by atoms with Crippen LogP contribution in [0.5, 0.6) is 0 Å². The van der Waals surface area contributed by atoms with Gasteiger partial charge < -0.3 is 0 Å². The van der Waals surface area contributed by atoms with Crippen LogP contribution in [0.15, 0.2) is 54.6 Å². The quantitative estimate of drug-likeness (QED) is 0.642. The number of rotatable bonds is 1. The second-order valence-electron chi connectivity index (χ2n) is 6.71. The fourth-order valence-electron chi connectivity index (χ4n) is 4.25. The summed E-state index contributed by atoms with van der Waals surface area (Å²) >= 11 is 0. The molecule has 2 aromatic carbocycles. The Bertz CT molecular complexity index is 878. The van der Waals surface area contributed by atoms with Gasteiger partial charge in [-0.2, -0.15) is 0 Å². The molecule has 1 aliphatic carbocycles. The number of hydrogen-bond donors (Lipinski definition) is 0. The highest BCUT2D eigenvalue weighted by molar-refractivity contribution is 5.87. The van der Waals surface area contributed by atoms with Crippen LogP contribution in [0, 0.1) is 0 Å². The van der Waals surface area contributed by atoms with Gasteiger partial charge in [-0.3, -0.25) is 4.90 Å². The molecule has 0 N–H and O–H groups in total. The van der Waals surface area contributed by atoms with E-state index in [0.717, 1.165) is 5.52 Å². The summed E-state index contributed by atoms with van der Waals surface area (Å²) in [4.78, 5) is 7.67. The number of piperidine rings is 1. The smallest absolute Gasteiger partial charge is 0.0764 e. The molecule has 5 rings (SSSR count). The molecular weight excluding hydrogens is 280 g/mol. The third kappa shape index (κ3) is 2.02. The molecule has 114 valence electrons. The van der Waals surface area contributed by atoms with E-state index >= 15 is 0 Å². The Balaban J connectivity index is 1.75. The van der Waals surface area contributed by atoms with Gasteiger partial charge >= 0.3 is 0 Å². The SMILES string of the molecule is c1ccc2c(c1)-c1nc3ccccc3cc1[C@@H]2N1CCCCC1. The second-order valence-corrected chi connectivity index (χ2v) is 6.71. The van der Waals surface area contributed by atoms with Crippen molar-refractivity contribution in [1.29, 1.82) is 0 Å². The van der Waals surface area contributed by atoms with Gasteiger partial charge in [-0.1, -0.05) is 48.9 Å². The Morgan fingerprint density at radius 1 is 0.826 bits per heavy atom. The summed E-state index contributed by atoms with van der Waals surface area (Å²) in [6.45, 7) is 2.40. The van der Waals surface area contributed by atoms with E-state index < -0.39 is 0 Å². The molecule has 0 saturated carbocycles. The molecule has 1 fully saturated rings. The predicted octanol–water partition coefficient (Wildman–Crippen LogP) is 4.79. The van der Waals surface area contributed by atoms with Crippen LogP contribution in [0.2, 0.25) is 0 Å². The molecule has 23 heavy (non-hydrogen) atoms. The molecule has 1 aromatic heterocycles. The largest absolute Gasteiger partial charge is 0.292 e. The fourth-order valence-corrected chi connectivity index (χ4v) is 4.25. The van der Waals surface area contributed by atoms with E-state index in [4.69, 9.17) is 4.98 Å². The van der Waals surface area contributed by atoms with Gasteiger partial charge in [0.25, 0.3) is 0 Å². The summed E-state index contributed by atoms with van der Waals surface area (Å²) in [6.07, 6.45) is 4.00. The van der Waals surface area contributed by atoms with Gasteiger partial charge in [-0.25, -0.2) is 4.98 Å². The molecule has 0 spiro atoms. The molecule has 0 unspecified atom stereocenters. The normalized spacial score (nSPS) is 20.4. The van der Waals surface area contributed by atoms with Crippen molar-refractivity contribution in [1.82, 2.24) is 9.88 Å². The lowest BCUT2D eigenvalue weighted by molar-refractivity contribution is 0.190. The van der Waals surface area contributed by atoms with Gasteiger partial charge in [-0.15, -0.1) is 0 Å². The summed E-state index contributed by atoms with van der Waals surface area (Å²) in [5.41, 5.74) is 6.44. The van der Waals surface area contributed by atoms with E-state index in [2.05, 4.69) is 59.5 Å². The number of fused-ring (bicyclic) bond motifs is 4. The summed E-state index contributed by atoms with van der Waals surface area (Å²) in [5.74, 6) is 0. The van der Waals surface area contributed by atoms with E-state index in [1.165, 1.54) is 60.1 Å². The zero-order chi connectivity index (χ0) is 15.2.